The molecule has 10 nitrogen and oxygen atoms in total. The van der Waals surface area contributed by atoms with Crippen LogP contribution in [0.25, 0.3) is 0 Å². The molecule has 0 aliphatic carbocycles. The molecule has 0 fully saturated rings. The first-order valence-electron chi connectivity index (χ1n) is 11.1. The summed E-state index contributed by atoms with van der Waals surface area (Å²) >= 11 is 0. The molecule has 1 amide bonds. The van der Waals surface area contributed by atoms with Gasteiger partial charge in [0.1, 0.15) is 22.9 Å². The molecule has 2 N–H and O–H groups in total. The molecule has 0 spiro atoms. The van der Waals surface area contributed by atoms with Crippen molar-refractivity contribution in [3.63, 3.8) is 0 Å². The van der Waals surface area contributed by atoms with Crippen molar-refractivity contribution in [3.05, 3.63) is 71.8 Å². The van der Waals surface area contributed by atoms with Crippen molar-refractivity contribution in [2.24, 2.45) is 0 Å². The van der Waals surface area contributed by atoms with Gasteiger partial charge in [-0.15, -0.1) is 0 Å². The molecule has 0 aliphatic rings. The number of carbonyl (C=O) groups is 1. The van der Waals surface area contributed by atoms with Crippen LogP contribution in [0.5, 0.6) is 11.5 Å². The first-order chi connectivity index (χ1) is 17.4. The number of nitrogens with one attached hydrogen (secondary N) is 2. The van der Waals surface area contributed by atoms with E-state index in [1.807, 2.05) is 0 Å². The van der Waals surface area contributed by atoms with Crippen LogP contribution in [0.3, 0.4) is 0 Å². The minimum atomic E-state index is -4.29. The lowest BCUT2D eigenvalue weighted by molar-refractivity contribution is -0.114. The van der Waals surface area contributed by atoms with E-state index in [-0.39, 0.29) is 26.9 Å². The Labute approximate surface area is 217 Å². The van der Waals surface area contributed by atoms with Gasteiger partial charge in [-0.1, -0.05) is 18.2 Å². The number of carbonyl (C=O) groups excluding carboxylic acids is 1. The van der Waals surface area contributed by atoms with Gasteiger partial charge in [-0.05, 0) is 68.4 Å². The Kier molecular flexibility index (Phi) is 8.46. The van der Waals surface area contributed by atoms with Gasteiger partial charge >= 0.3 is 0 Å². The van der Waals surface area contributed by atoms with Crippen LogP contribution in [-0.4, -0.2) is 50.6 Å². The molecule has 0 saturated carbocycles. The summed E-state index contributed by atoms with van der Waals surface area (Å²) in [6, 6.07) is 15.3. The van der Waals surface area contributed by atoms with Crippen molar-refractivity contribution < 1.29 is 31.1 Å². The summed E-state index contributed by atoms with van der Waals surface area (Å²) < 4.78 is 65.9. The maximum absolute atomic E-state index is 13.9. The molecule has 12 heteroatoms. The van der Waals surface area contributed by atoms with Gasteiger partial charge in [-0.3, -0.25) is 9.10 Å². The summed E-state index contributed by atoms with van der Waals surface area (Å²) in [6.07, 6.45) is 0. The van der Waals surface area contributed by atoms with E-state index in [4.69, 9.17) is 9.47 Å². The van der Waals surface area contributed by atoms with Crippen LogP contribution in [0.15, 0.2) is 70.5 Å². The van der Waals surface area contributed by atoms with Crippen molar-refractivity contribution in [2.45, 2.75) is 23.6 Å². The molecule has 198 valence electrons. The van der Waals surface area contributed by atoms with Crippen molar-refractivity contribution in [3.8, 4) is 11.5 Å². The van der Waals surface area contributed by atoms with Crippen LogP contribution in [0.2, 0.25) is 0 Å². The number of sulfonamides is 2. The summed E-state index contributed by atoms with van der Waals surface area (Å²) in [5, 5.41) is 2.64. The quantitative estimate of drug-likeness (QED) is 0.399. The molecule has 0 bridgehead atoms. The maximum atomic E-state index is 13.9. The van der Waals surface area contributed by atoms with E-state index < -0.39 is 32.5 Å². The van der Waals surface area contributed by atoms with Gasteiger partial charge < -0.3 is 14.8 Å². The molecule has 0 heterocycles. The zero-order chi connectivity index (χ0) is 27.4. The zero-order valence-electron chi connectivity index (χ0n) is 21.1. The van der Waals surface area contributed by atoms with Crippen molar-refractivity contribution in [2.75, 3.05) is 37.4 Å². The number of benzene rings is 3. The predicted octanol–water partition coefficient (Wildman–Crippen LogP) is 3.06. The smallest absolute Gasteiger partial charge is 0.268 e. The fraction of sp³-hybridized carbons (Fsp3) is 0.240. The van der Waals surface area contributed by atoms with Crippen LogP contribution in [0.1, 0.15) is 11.1 Å². The van der Waals surface area contributed by atoms with Gasteiger partial charge in [0, 0.05) is 11.8 Å². The monoisotopic (exact) mass is 547 g/mol. The first-order valence-corrected chi connectivity index (χ1v) is 14.0. The number of hydrogen-bond donors (Lipinski definition) is 2. The number of anilines is 2. The van der Waals surface area contributed by atoms with Gasteiger partial charge in [-0.25, -0.2) is 21.6 Å². The van der Waals surface area contributed by atoms with E-state index in [0.29, 0.717) is 16.9 Å². The second-order valence-electron chi connectivity index (χ2n) is 8.10. The SMILES string of the molecule is CNS(=O)(=O)c1ccc(C)c(NC(=O)CN(c2cccc(OC)c2)S(=O)(=O)c2cc(C)ccc2OC)c1. The Hall–Kier alpha value is -3.61. The molecule has 0 radical (unpaired) electrons. The molecule has 3 rings (SSSR count). The van der Waals surface area contributed by atoms with Crippen LogP contribution in [0, 0.1) is 13.8 Å². The van der Waals surface area contributed by atoms with Gasteiger partial charge in [0.15, 0.2) is 0 Å². The van der Waals surface area contributed by atoms with Crippen LogP contribution in [-0.2, 0) is 24.8 Å². The maximum Gasteiger partial charge on any atom is 0.268 e. The highest BCUT2D eigenvalue weighted by atomic mass is 32.2. The fourth-order valence-electron chi connectivity index (χ4n) is 3.53. The molecular weight excluding hydrogens is 518 g/mol. The molecule has 37 heavy (non-hydrogen) atoms. The third kappa shape index (κ3) is 6.21. The number of ether oxygens (including phenoxy) is 2. The molecule has 0 atom stereocenters. The van der Waals surface area contributed by atoms with Crippen LogP contribution < -0.4 is 23.8 Å². The van der Waals surface area contributed by atoms with E-state index in [0.717, 1.165) is 4.31 Å². The highest BCUT2D eigenvalue weighted by molar-refractivity contribution is 7.93. The van der Waals surface area contributed by atoms with E-state index in [2.05, 4.69) is 10.0 Å². The van der Waals surface area contributed by atoms with Gasteiger partial charge in [0.05, 0.1) is 24.8 Å². The summed E-state index contributed by atoms with van der Waals surface area (Å²) in [4.78, 5) is 13.0. The van der Waals surface area contributed by atoms with Gasteiger partial charge in [0.25, 0.3) is 10.0 Å². The zero-order valence-corrected chi connectivity index (χ0v) is 22.7. The molecule has 0 aromatic heterocycles. The second kappa shape index (κ2) is 11.2. The van der Waals surface area contributed by atoms with Crippen molar-refractivity contribution in [1.82, 2.24) is 4.72 Å². The number of nitrogens with zero attached hydrogens (tertiary/aromatic N) is 1. The third-order valence-electron chi connectivity index (χ3n) is 5.58. The van der Waals surface area contributed by atoms with E-state index in [1.54, 1.807) is 50.2 Å². The standard InChI is InChI=1S/C25H29N3O7S2/c1-17-9-12-23(35-5)24(13-17)37(32,33)28(19-7-6-8-20(14-19)34-4)16-25(29)27-22-15-21(11-10-18(22)2)36(30,31)26-3/h6-15,26H,16H2,1-5H3,(H,27,29). The van der Waals surface area contributed by atoms with E-state index in [1.165, 1.54) is 45.5 Å². The lowest BCUT2D eigenvalue weighted by Crippen LogP contribution is -2.38. The second-order valence-corrected chi connectivity index (χ2v) is 11.8. The molecule has 0 aliphatic heterocycles. The summed E-state index contributed by atoms with van der Waals surface area (Å²) in [7, 11) is -3.95. The van der Waals surface area contributed by atoms with Gasteiger partial charge in [0.2, 0.25) is 15.9 Å². The molecule has 0 saturated heterocycles. The average Bonchev–Trinajstić information content (AvgIpc) is 2.88. The highest BCUT2D eigenvalue weighted by Gasteiger charge is 2.31. The molecule has 3 aromatic rings. The summed E-state index contributed by atoms with van der Waals surface area (Å²) in [6.45, 7) is 2.84. The van der Waals surface area contributed by atoms with Crippen molar-refractivity contribution >= 4 is 37.3 Å². The summed E-state index contributed by atoms with van der Waals surface area (Å²) in [5.41, 5.74) is 1.71. The summed E-state index contributed by atoms with van der Waals surface area (Å²) in [5.74, 6) is -0.157. The van der Waals surface area contributed by atoms with Crippen LogP contribution >= 0.6 is 0 Å². The number of rotatable bonds is 10. The minimum Gasteiger partial charge on any atom is -0.497 e. The number of methoxy groups -OCH3 is 2. The first kappa shape index (κ1) is 28.0. The number of aryl methyl sites for hydroxylation is 2. The fourth-order valence-corrected chi connectivity index (χ4v) is 5.94. The average molecular weight is 548 g/mol. The lowest BCUT2D eigenvalue weighted by Gasteiger charge is -2.25. The minimum absolute atomic E-state index is 0.0438. The van der Waals surface area contributed by atoms with Gasteiger partial charge in [-0.2, -0.15) is 0 Å². The van der Waals surface area contributed by atoms with E-state index in [9.17, 15) is 21.6 Å². The number of hydrogen-bond acceptors (Lipinski definition) is 7. The normalized spacial score (nSPS) is 11.6. The van der Waals surface area contributed by atoms with E-state index >= 15 is 0 Å². The lowest BCUT2D eigenvalue weighted by atomic mass is 10.2. The number of amides is 1. The Balaban J connectivity index is 2.05. The largest absolute Gasteiger partial charge is 0.497 e. The third-order valence-corrected chi connectivity index (χ3v) is 8.78. The van der Waals surface area contributed by atoms with Crippen molar-refractivity contribution in [1.29, 1.82) is 0 Å². The Morgan fingerprint density at radius 1 is 0.919 bits per heavy atom. The highest BCUT2D eigenvalue weighted by Crippen LogP contribution is 2.32. The topological polar surface area (TPSA) is 131 Å². The Morgan fingerprint density at radius 2 is 1.65 bits per heavy atom. The Bertz CT molecular complexity index is 1520. The van der Waals surface area contributed by atoms with Crippen LogP contribution in [0.4, 0.5) is 11.4 Å². The Morgan fingerprint density at radius 3 is 2.30 bits per heavy atom. The predicted molar refractivity (Wildman–Crippen MR) is 141 cm³/mol. The molecular formula is C25H29N3O7S2. The molecule has 0 unspecified atom stereocenters. The molecule has 3 aromatic carbocycles.